The van der Waals surface area contributed by atoms with Gasteiger partial charge in [0.15, 0.2) is 0 Å². The van der Waals surface area contributed by atoms with Crippen LogP contribution in [0.5, 0.6) is 0 Å². The van der Waals surface area contributed by atoms with E-state index in [-0.39, 0.29) is 16.7 Å². The molecule has 5 nitrogen and oxygen atoms in total. The fourth-order valence-electron chi connectivity index (χ4n) is 3.14. The number of hydrogen-bond acceptors (Lipinski definition) is 4. The quantitative estimate of drug-likeness (QED) is 0.642. The Bertz CT molecular complexity index is 751. The average molecular weight is 347 g/mol. The van der Waals surface area contributed by atoms with Gasteiger partial charge in [-0.2, -0.15) is 0 Å². The number of aryl methyl sites for hydroxylation is 1. The molecule has 3 rings (SSSR count). The van der Waals surface area contributed by atoms with Gasteiger partial charge in [0.25, 0.3) is 5.69 Å². The summed E-state index contributed by atoms with van der Waals surface area (Å²) in [4.78, 5) is 10.6. The number of benzene rings is 2. The third-order valence-corrected chi connectivity index (χ3v) is 4.70. The number of nitro groups is 1. The lowest BCUT2D eigenvalue weighted by atomic mass is 9.88. The van der Waals surface area contributed by atoms with Crippen LogP contribution < -0.4 is 5.32 Å². The van der Waals surface area contributed by atoms with Crippen LogP contribution in [0.3, 0.4) is 0 Å². The van der Waals surface area contributed by atoms with E-state index in [0.717, 1.165) is 30.4 Å². The summed E-state index contributed by atoms with van der Waals surface area (Å²) in [5.74, 6) is 0. The van der Waals surface area contributed by atoms with Crippen LogP contribution in [0.15, 0.2) is 42.5 Å². The van der Waals surface area contributed by atoms with Gasteiger partial charge in [0, 0.05) is 29.7 Å². The molecule has 0 bridgehead atoms. The number of non-ortho nitro benzene ring substituents is 1. The fraction of sp³-hybridized carbons (Fsp3) is 0.333. The molecule has 2 aromatic rings. The molecule has 0 saturated heterocycles. The number of halogens is 1. The molecule has 0 amide bonds. The Hall–Kier alpha value is -1.95. The van der Waals surface area contributed by atoms with E-state index in [0.29, 0.717) is 11.6 Å². The molecule has 0 spiro atoms. The van der Waals surface area contributed by atoms with Gasteiger partial charge in [0.1, 0.15) is 0 Å². The van der Waals surface area contributed by atoms with Crippen molar-refractivity contribution in [2.75, 3.05) is 6.54 Å². The molecule has 126 valence electrons. The minimum absolute atomic E-state index is 0.133. The number of fused-ring (bicyclic) bond motifs is 1. The number of aliphatic hydroxyl groups is 1. The first kappa shape index (κ1) is 16.9. The van der Waals surface area contributed by atoms with Crippen molar-refractivity contribution in [1.82, 2.24) is 5.32 Å². The number of nitrogens with zero attached hydrogens (tertiary/aromatic N) is 1. The summed E-state index contributed by atoms with van der Waals surface area (Å²) in [6.45, 7) is 0.426. The van der Waals surface area contributed by atoms with Crippen molar-refractivity contribution < 1.29 is 10.0 Å². The van der Waals surface area contributed by atoms with E-state index in [4.69, 9.17) is 11.6 Å². The lowest BCUT2D eigenvalue weighted by Gasteiger charge is -2.26. The molecule has 0 aliphatic heterocycles. The van der Waals surface area contributed by atoms with Crippen molar-refractivity contribution in [3.8, 4) is 0 Å². The number of aliphatic hydroxyl groups excluding tert-OH is 1. The second-order valence-corrected chi connectivity index (χ2v) is 6.57. The number of nitrogens with one attached hydrogen (secondary N) is 1. The van der Waals surface area contributed by atoms with Crippen molar-refractivity contribution in [3.63, 3.8) is 0 Å². The maximum Gasteiger partial charge on any atom is 0.269 e. The molecule has 1 aliphatic rings. The van der Waals surface area contributed by atoms with Crippen LogP contribution in [0, 0.1) is 10.1 Å². The number of rotatable bonds is 5. The lowest BCUT2D eigenvalue weighted by Crippen LogP contribution is -2.37. The molecule has 0 aromatic heterocycles. The van der Waals surface area contributed by atoms with E-state index in [1.165, 1.54) is 5.56 Å². The van der Waals surface area contributed by atoms with Crippen LogP contribution in [-0.2, 0) is 12.8 Å². The maximum absolute atomic E-state index is 10.9. The molecule has 2 N–H and O–H groups in total. The van der Waals surface area contributed by atoms with E-state index >= 15 is 0 Å². The summed E-state index contributed by atoms with van der Waals surface area (Å²) in [6.07, 6.45) is 1.94. The Kier molecular flexibility index (Phi) is 5.14. The van der Waals surface area contributed by atoms with E-state index in [1.807, 2.05) is 18.2 Å². The number of nitro benzene ring substituents is 1. The van der Waals surface area contributed by atoms with Crippen molar-refractivity contribution in [2.24, 2.45) is 0 Å². The summed E-state index contributed by atoms with van der Waals surface area (Å²) in [6, 6.07) is 12.5. The molecule has 0 saturated carbocycles. The van der Waals surface area contributed by atoms with Crippen molar-refractivity contribution in [1.29, 1.82) is 0 Å². The van der Waals surface area contributed by atoms with Crippen LogP contribution in [0.1, 0.15) is 29.2 Å². The Balaban J connectivity index is 1.61. The van der Waals surface area contributed by atoms with Crippen molar-refractivity contribution in [3.05, 3.63) is 74.3 Å². The summed E-state index contributed by atoms with van der Waals surface area (Å²) in [7, 11) is 0. The Morgan fingerprint density at radius 2 is 2.12 bits per heavy atom. The maximum atomic E-state index is 10.9. The molecule has 1 unspecified atom stereocenters. The van der Waals surface area contributed by atoms with Gasteiger partial charge in [-0.15, -0.1) is 0 Å². The molecular formula is C18H19ClN2O3. The van der Waals surface area contributed by atoms with E-state index in [2.05, 4.69) is 5.32 Å². The zero-order chi connectivity index (χ0) is 17.1. The second kappa shape index (κ2) is 7.30. The van der Waals surface area contributed by atoms with Crippen molar-refractivity contribution >= 4 is 17.3 Å². The highest BCUT2D eigenvalue weighted by molar-refractivity contribution is 6.30. The molecule has 0 heterocycles. The first-order valence-electron chi connectivity index (χ1n) is 7.96. The van der Waals surface area contributed by atoms with Crippen LogP contribution in [-0.4, -0.2) is 22.6 Å². The van der Waals surface area contributed by atoms with Crippen LogP contribution >= 0.6 is 11.6 Å². The Morgan fingerprint density at radius 1 is 1.29 bits per heavy atom. The molecule has 6 heteroatoms. The zero-order valence-corrected chi connectivity index (χ0v) is 13.9. The first-order chi connectivity index (χ1) is 11.5. The third-order valence-electron chi connectivity index (χ3n) is 4.46. The summed E-state index contributed by atoms with van der Waals surface area (Å²) in [5.41, 5.74) is 3.11. The van der Waals surface area contributed by atoms with Gasteiger partial charge in [-0.25, -0.2) is 0 Å². The summed E-state index contributed by atoms with van der Waals surface area (Å²) < 4.78 is 0. The van der Waals surface area contributed by atoms with Gasteiger partial charge >= 0.3 is 0 Å². The monoisotopic (exact) mass is 346 g/mol. The highest BCUT2D eigenvalue weighted by Gasteiger charge is 2.21. The normalized spacial score (nSPS) is 18.0. The largest absolute Gasteiger partial charge is 0.387 e. The van der Waals surface area contributed by atoms with Gasteiger partial charge in [0.05, 0.1) is 11.0 Å². The van der Waals surface area contributed by atoms with Crippen LogP contribution in [0.4, 0.5) is 5.69 Å². The predicted octanol–water partition coefficient (Wildman–Crippen LogP) is 3.43. The molecule has 0 fully saturated rings. The van der Waals surface area contributed by atoms with E-state index in [9.17, 15) is 15.2 Å². The molecular weight excluding hydrogens is 328 g/mol. The third kappa shape index (κ3) is 3.93. The minimum Gasteiger partial charge on any atom is -0.387 e. The molecule has 24 heavy (non-hydrogen) atoms. The first-order valence-corrected chi connectivity index (χ1v) is 8.34. The molecule has 2 atom stereocenters. The van der Waals surface area contributed by atoms with Crippen LogP contribution in [0.25, 0.3) is 0 Å². The van der Waals surface area contributed by atoms with Gasteiger partial charge in [-0.3, -0.25) is 10.1 Å². The topological polar surface area (TPSA) is 75.4 Å². The molecule has 1 aliphatic carbocycles. The Labute approximate surface area is 145 Å². The standard InChI is InChI=1S/C18H19ClN2O3/c19-15-3-1-2-13(8-15)18(22)11-20-16-6-4-12-5-7-17(21(23)24)10-14(12)9-16/h1-3,5,7-8,10,16,18,20,22H,4,6,9,11H2/t16?,18-/m0/s1. The van der Waals surface area contributed by atoms with Gasteiger partial charge < -0.3 is 10.4 Å². The van der Waals surface area contributed by atoms with E-state index < -0.39 is 6.10 Å². The van der Waals surface area contributed by atoms with Gasteiger partial charge in [-0.1, -0.05) is 29.8 Å². The minimum atomic E-state index is -0.629. The SMILES string of the molecule is O=[N+]([O-])c1ccc2c(c1)CC(NC[C@H](O)c1cccc(Cl)c1)CC2. The lowest BCUT2D eigenvalue weighted by molar-refractivity contribution is -0.384. The second-order valence-electron chi connectivity index (χ2n) is 6.13. The average Bonchev–Trinajstić information content (AvgIpc) is 2.58. The summed E-state index contributed by atoms with van der Waals surface area (Å²) in [5, 5.41) is 25.2. The number of hydrogen-bond donors (Lipinski definition) is 2. The predicted molar refractivity (Wildman–Crippen MR) is 93.3 cm³/mol. The highest BCUT2D eigenvalue weighted by atomic mass is 35.5. The molecule has 0 radical (unpaired) electrons. The molecule has 2 aromatic carbocycles. The summed E-state index contributed by atoms with van der Waals surface area (Å²) >= 11 is 5.95. The smallest absolute Gasteiger partial charge is 0.269 e. The zero-order valence-electron chi connectivity index (χ0n) is 13.1. The highest BCUT2D eigenvalue weighted by Crippen LogP contribution is 2.26. The van der Waals surface area contributed by atoms with Gasteiger partial charge in [0.2, 0.25) is 0 Å². The van der Waals surface area contributed by atoms with Gasteiger partial charge in [-0.05, 0) is 48.1 Å². The fourth-order valence-corrected chi connectivity index (χ4v) is 3.34. The Morgan fingerprint density at radius 3 is 2.88 bits per heavy atom. The van der Waals surface area contributed by atoms with Crippen LogP contribution in [0.2, 0.25) is 5.02 Å². The van der Waals surface area contributed by atoms with E-state index in [1.54, 1.807) is 24.3 Å². The van der Waals surface area contributed by atoms with Crippen molar-refractivity contribution in [2.45, 2.75) is 31.4 Å².